The first kappa shape index (κ1) is 16.9. The molecule has 0 unspecified atom stereocenters. The Kier molecular flexibility index (Phi) is 11.3. The summed E-state index contributed by atoms with van der Waals surface area (Å²) in [5.41, 5.74) is 0. The first-order valence-electron chi connectivity index (χ1n) is 4.43. The summed E-state index contributed by atoms with van der Waals surface area (Å²) in [4.78, 5) is 1.47. The molecular formula is C7H16BF3KN. The maximum absolute atomic E-state index is 12.0. The zero-order valence-electron chi connectivity index (χ0n) is 8.69. The minimum absolute atomic E-state index is 0. The van der Waals surface area contributed by atoms with Crippen LogP contribution in [0, 0.1) is 0 Å². The van der Waals surface area contributed by atoms with Crippen molar-refractivity contribution in [3.8, 4) is 0 Å². The summed E-state index contributed by atoms with van der Waals surface area (Å²) in [6.45, 7) is 0.247. The SMILES string of the molecule is CCCN(CCC)C[B-](F)(F)F.[K+]. The number of hydrogen-bond donors (Lipinski definition) is 0. The fourth-order valence-corrected chi connectivity index (χ4v) is 1.22. The van der Waals surface area contributed by atoms with E-state index in [1.807, 2.05) is 13.8 Å². The van der Waals surface area contributed by atoms with E-state index in [0.717, 1.165) is 12.8 Å². The molecule has 0 atom stereocenters. The summed E-state index contributed by atoms with van der Waals surface area (Å²) in [5.74, 6) is 0. The Morgan fingerprint density at radius 1 is 1.00 bits per heavy atom. The van der Waals surface area contributed by atoms with E-state index in [1.54, 1.807) is 0 Å². The van der Waals surface area contributed by atoms with Gasteiger partial charge in [-0.1, -0.05) is 13.8 Å². The van der Waals surface area contributed by atoms with Crippen molar-refractivity contribution in [1.82, 2.24) is 4.90 Å². The normalized spacial score (nSPS) is 11.5. The fourth-order valence-electron chi connectivity index (χ4n) is 1.22. The zero-order valence-corrected chi connectivity index (χ0v) is 11.8. The first-order valence-corrected chi connectivity index (χ1v) is 4.43. The Hall–Kier alpha value is 1.45. The molecule has 0 aliphatic heterocycles. The molecule has 0 amide bonds. The van der Waals surface area contributed by atoms with Gasteiger partial charge < -0.3 is 17.8 Å². The summed E-state index contributed by atoms with van der Waals surface area (Å²) < 4.78 is 35.9. The van der Waals surface area contributed by atoms with Crippen LogP contribution in [0.15, 0.2) is 0 Å². The van der Waals surface area contributed by atoms with Crippen molar-refractivity contribution < 1.29 is 64.3 Å². The van der Waals surface area contributed by atoms with Crippen molar-refractivity contribution in [3.63, 3.8) is 0 Å². The van der Waals surface area contributed by atoms with Gasteiger partial charge in [0, 0.05) is 0 Å². The van der Waals surface area contributed by atoms with Crippen LogP contribution in [0.1, 0.15) is 26.7 Å². The maximum Gasteiger partial charge on any atom is 1.00 e. The Balaban J connectivity index is 0. The second-order valence-corrected chi connectivity index (χ2v) is 3.01. The van der Waals surface area contributed by atoms with E-state index in [4.69, 9.17) is 0 Å². The number of nitrogens with zero attached hydrogens (tertiary/aromatic N) is 1. The molecule has 0 saturated heterocycles. The Morgan fingerprint density at radius 2 is 1.38 bits per heavy atom. The third kappa shape index (κ3) is 11.4. The number of halogens is 3. The van der Waals surface area contributed by atoms with Crippen molar-refractivity contribution >= 4 is 6.98 Å². The van der Waals surface area contributed by atoms with Crippen LogP contribution < -0.4 is 51.4 Å². The average Bonchev–Trinajstić information content (AvgIpc) is 1.84. The molecule has 0 N–H and O–H groups in total. The fraction of sp³-hybridized carbons (Fsp3) is 1.00. The van der Waals surface area contributed by atoms with E-state index in [9.17, 15) is 12.9 Å². The minimum Gasteiger partial charge on any atom is -0.448 e. The average molecular weight is 221 g/mol. The number of rotatable bonds is 6. The van der Waals surface area contributed by atoms with E-state index < -0.39 is 13.4 Å². The topological polar surface area (TPSA) is 3.24 Å². The van der Waals surface area contributed by atoms with E-state index in [-0.39, 0.29) is 51.4 Å². The largest absolute Gasteiger partial charge is 1.00 e. The first-order chi connectivity index (χ1) is 5.49. The van der Waals surface area contributed by atoms with Crippen LogP contribution >= 0.6 is 0 Å². The Labute approximate surface area is 121 Å². The molecule has 0 rings (SSSR count). The predicted octanol–water partition coefficient (Wildman–Crippen LogP) is -0.501. The monoisotopic (exact) mass is 221 g/mol. The van der Waals surface area contributed by atoms with Crippen molar-refractivity contribution in [2.45, 2.75) is 26.7 Å². The number of hydrogen-bond acceptors (Lipinski definition) is 1. The van der Waals surface area contributed by atoms with E-state index >= 15 is 0 Å². The van der Waals surface area contributed by atoms with Crippen LogP contribution in [0.4, 0.5) is 12.9 Å². The van der Waals surface area contributed by atoms with Crippen LogP contribution in [-0.2, 0) is 0 Å². The Morgan fingerprint density at radius 3 is 1.62 bits per heavy atom. The zero-order chi connectivity index (χ0) is 9.61. The van der Waals surface area contributed by atoms with Gasteiger partial charge in [0.1, 0.15) is 0 Å². The molecule has 0 aromatic rings. The van der Waals surface area contributed by atoms with Gasteiger partial charge in [-0.25, -0.2) is 0 Å². The molecule has 74 valence electrons. The van der Waals surface area contributed by atoms with Crippen LogP contribution in [-0.4, -0.2) is 31.4 Å². The summed E-state index contributed by atoms with van der Waals surface area (Å²) >= 11 is 0. The van der Waals surface area contributed by atoms with Gasteiger partial charge in [0.05, 0.1) is 0 Å². The molecule has 0 bridgehead atoms. The molecule has 0 aromatic carbocycles. The molecule has 0 aromatic heterocycles. The standard InChI is InChI=1S/C7H16BF3N.K/c1-3-5-12(6-4-2)7-8(9,10)11;/h3-7H2,1-2H3;/q-1;+1. The van der Waals surface area contributed by atoms with Gasteiger partial charge in [-0.3, -0.25) is 0 Å². The molecule has 6 heteroatoms. The third-order valence-electron chi connectivity index (χ3n) is 1.54. The van der Waals surface area contributed by atoms with Crippen LogP contribution in [0.2, 0.25) is 0 Å². The smallest absolute Gasteiger partial charge is 0.448 e. The Bertz CT molecular complexity index is 115. The van der Waals surface area contributed by atoms with Crippen molar-refractivity contribution in [2.75, 3.05) is 19.5 Å². The van der Waals surface area contributed by atoms with Gasteiger partial charge >= 0.3 is 58.4 Å². The summed E-state index contributed by atoms with van der Waals surface area (Å²) in [5, 5.41) is 0. The molecule has 0 saturated carbocycles. The van der Waals surface area contributed by atoms with E-state index in [2.05, 4.69) is 0 Å². The second kappa shape index (κ2) is 8.74. The molecule has 1 nitrogen and oxygen atoms in total. The summed E-state index contributed by atoms with van der Waals surface area (Å²) in [7, 11) is 0. The van der Waals surface area contributed by atoms with E-state index in [0.29, 0.717) is 13.1 Å². The van der Waals surface area contributed by atoms with Gasteiger partial charge in [0.25, 0.3) is 0 Å². The van der Waals surface area contributed by atoms with Gasteiger partial charge in [0.15, 0.2) is 0 Å². The quantitative estimate of drug-likeness (QED) is 0.546. The molecule has 0 spiro atoms. The van der Waals surface area contributed by atoms with Crippen molar-refractivity contribution in [1.29, 1.82) is 0 Å². The molecule has 0 fully saturated rings. The van der Waals surface area contributed by atoms with Gasteiger partial charge in [-0.05, 0) is 32.4 Å². The van der Waals surface area contributed by atoms with Gasteiger partial charge in [-0.15, -0.1) is 0 Å². The van der Waals surface area contributed by atoms with Crippen LogP contribution in [0.25, 0.3) is 0 Å². The van der Waals surface area contributed by atoms with Crippen LogP contribution in [0.3, 0.4) is 0 Å². The molecule has 0 aliphatic carbocycles. The van der Waals surface area contributed by atoms with Crippen LogP contribution in [0.5, 0.6) is 0 Å². The van der Waals surface area contributed by atoms with Gasteiger partial charge in [0.2, 0.25) is 0 Å². The molecule has 13 heavy (non-hydrogen) atoms. The molecule has 0 heterocycles. The second-order valence-electron chi connectivity index (χ2n) is 3.01. The predicted molar refractivity (Wildman–Crippen MR) is 46.1 cm³/mol. The molecule has 0 radical (unpaired) electrons. The summed E-state index contributed by atoms with van der Waals surface area (Å²) in [6.07, 6.45) is 0.861. The molecule has 0 aliphatic rings. The van der Waals surface area contributed by atoms with Gasteiger partial charge in [-0.2, -0.15) is 0 Å². The van der Waals surface area contributed by atoms with Crippen molar-refractivity contribution in [2.24, 2.45) is 0 Å². The summed E-state index contributed by atoms with van der Waals surface area (Å²) in [6, 6.07) is 0. The maximum atomic E-state index is 12.0. The minimum atomic E-state index is -4.64. The van der Waals surface area contributed by atoms with Crippen molar-refractivity contribution in [3.05, 3.63) is 0 Å². The molecular weight excluding hydrogens is 205 g/mol. The van der Waals surface area contributed by atoms with E-state index in [1.165, 1.54) is 4.90 Å². The third-order valence-corrected chi connectivity index (χ3v) is 1.54.